The molecule has 142 valence electrons. The average Bonchev–Trinajstić information content (AvgIpc) is 3.28. The van der Waals surface area contributed by atoms with Gasteiger partial charge in [0.15, 0.2) is 0 Å². The number of benzene rings is 1. The van der Waals surface area contributed by atoms with E-state index in [0.717, 1.165) is 23.3 Å². The molecular weight excluding hydrogens is 352 g/mol. The van der Waals surface area contributed by atoms with Crippen molar-refractivity contribution in [3.8, 4) is 5.75 Å². The van der Waals surface area contributed by atoms with E-state index in [1.165, 1.54) is 5.57 Å². The fraction of sp³-hybridized carbons (Fsp3) is 0.217. The van der Waals surface area contributed by atoms with Gasteiger partial charge in [0.05, 0.1) is 11.8 Å². The van der Waals surface area contributed by atoms with Crippen LogP contribution in [0.3, 0.4) is 0 Å². The van der Waals surface area contributed by atoms with Gasteiger partial charge in [0.1, 0.15) is 18.1 Å². The second-order valence-electron chi connectivity index (χ2n) is 6.86. The Morgan fingerprint density at radius 2 is 2.07 bits per heavy atom. The van der Waals surface area contributed by atoms with Crippen molar-refractivity contribution >= 4 is 11.5 Å². The van der Waals surface area contributed by atoms with Crippen LogP contribution in [0, 0.1) is 0 Å². The minimum atomic E-state index is -0.0293. The smallest absolute Gasteiger partial charge is 0.257 e. The molecule has 1 aliphatic heterocycles. The van der Waals surface area contributed by atoms with Gasteiger partial charge in [-0.05, 0) is 43.7 Å². The third kappa shape index (κ3) is 3.83. The largest absolute Gasteiger partial charge is 0.488 e. The van der Waals surface area contributed by atoms with Gasteiger partial charge in [-0.15, -0.1) is 0 Å². The normalized spacial score (nSPS) is 14.2. The summed E-state index contributed by atoms with van der Waals surface area (Å²) in [5.74, 6) is 1.39. The van der Waals surface area contributed by atoms with E-state index in [2.05, 4.69) is 11.9 Å². The molecule has 0 radical (unpaired) electrons. The van der Waals surface area contributed by atoms with Crippen molar-refractivity contribution in [3.63, 3.8) is 0 Å². The van der Waals surface area contributed by atoms with Gasteiger partial charge >= 0.3 is 0 Å². The van der Waals surface area contributed by atoms with E-state index in [9.17, 15) is 4.79 Å². The van der Waals surface area contributed by atoms with Gasteiger partial charge in [0.2, 0.25) is 0 Å². The number of amides is 1. The van der Waals surface area contributed by atoms with Gasteiger partial charge in [-0.3, -0.25) is 9.78 Å². The molecule has 0 N–H and O–H groups in total. The second kappa shape index (κ2) is 8.13. The molecule has 3 heterocycles. The Bertz CT molecular complexity index is 978. The summed E-state index contributed by atoms with van der Waals surface area (Å²) in [6.07, 6.45) is 5.99. The first kappa shape index (κ1) is 18.0. The highest BCUT2D eigenvalue weighted by Crippen LogP contribution is 2.29. The lowest BCUT2D eigenvalue weighted by atomic mass is 9.98. The molecule has 0 saturated heterocycles. The molecular formula is C23H22N2O3. The quantitative estimate of drug-likeness (QED) is 0.656. The lowest BCUT2D eigenvalue weighted by Gasteiger charge is -2.30. The van der Waals surface area contributed by atoms with Gasteiger partial charge in [0.25, 0.3) is 5.91 Å². The van der Waals surface area contributed by atoms with Gasteiger partial charge in [-0.25, -0.2) is 0 Å². The van der Waals surface area contributed by atoms with Crippen LogP contribution in [0.5, 0.6) is 5.75 Å². The Morgan fingerprint density at radius 1 is 1.18 bits per heavy atom. The Balaban J connectivity index is 1.52. The molecule has 0 spiro atoms. The number of rotatable bonds is 5. The van der Waals surface area contributed by atoms with Crippen molar-refractivity contribution in [1.82, 2.24) is 9.88 Å². The van der Waals surface area contributed by atoms with E-state index >= 15 is 0 Å². The van der Waals surface area contributed by atoms with E-state index in [4.69, 9.17) is 9.15 Å². The fourth-order valence-electron chi connectivity index (χ4n) is 3.35. The number of carbonyl (C=O) groups is 1. The first-order valence-electron chi connectivity index (χ1n) is 9.35. The number of carbonyl (C=O) groups excluding carboxylic acids is 1. The molecule has 1 aromatic carbocycles. The SMILES string of the molecule is CC1=C(c2ccco2)CN(C(=O)c2ccccc2OCc2cccnc2)CC1. The lowest BCUT2D eigenvalue weighted by Crippen LogP contribution is -2.36. The Labute approximate surface area is 164 Å². The highest BCUT2D eigenvalue weighted by atomic mass is 16.5. The van der Waals surface area contributed by atoms with Crippen molar-refractivity contribution in [3.05, 3.63) is 89.6 Å². The Kier molecular flexibility index (Phi) is 5.24. The first-order chi connectivity index (χ1) is 13.7. The standard InChI is InChI=1S/C23H22N2O3/c1-17-10-12-25(15-20(17)22-9-5-13-27-22)23(26)19-7-2-3-8-21(19)28-16-18-6-4-11-24-14-18/h2-9,11,13-14H,10,12,15-16H2,1H3. The topological polar surface area (TPSA) is 55.6 Å². The maximum Gasteiger partial charge on any atom is 0.257 e. The van der Waals surface area contributed by atoms with E-state index in [1.54, 1.807) is 18.7 Å². The second-order valence-corrected chi connectivity index (χ2v) is 6.86. The fourth-order valence-corrected chi connectivity index (χ4v) is 3.35. The zero-order chi connectivity index (χ0) is 19.3. The maximum atomic E-state index is 13.2. The van der Waals surface area contributed by atoms with E-state index in [-0.39, 0.29) is 5.91 Å². The molecule has 3 aromatic rings. The summed E-state index contributed by atoms with van der Waals surface area (Å²) in [5.41, 5.74) is 3.88. The lowest BCUT2D eigenvalue weighted by molar-refractivity contribution is 0.0767. The third-order valence-corrected chi connectivity index (χ3v) is 4.96. The van der Waals surface area contributed by atoms with Crippen molar-refractivity contribution in [2.45, 2.75) is 20.0 Å². The van der Waals surface area contributed by atoms with Crippen LogP contribution in [-0.2, 0) is 6.61 Å². The van der Waals surface area contributed by atoms with E-state index < -0.39 is 0 Å². The number of ether oxygens (including phenoxy) is 1. The molecule has 4 rings (SSSR count). The van der Waals surface area contributed by atoms with Crippen LogP contribution in [-0.4, -0.2) is 28.9 Å². The van der Waals surface area contributed by atoms with Crippen LogP contribution in [0.4, 0.5) is 0 Å². The van der Waals surface area contributed by atoms with Gasteiger partial charge < -0.3 is 14.1 Å². The van der Waals surface area contributed by atoms with Crippen molar-refractivity contribution in [1.29, 1.82) is 0 Å². The van der Waals surface area contributed by atoms with Crippen LogP contribution >= 0.6 is 0 Å². The van der Waals surface area contributed by atoms with E-state index in [0.29, 0.717) is 31.0 Å². The molecule has 1 amide bonds. The summed E-state index contributed by atoms with van der Waals surface area (Å²) >= 11 is 0. The summed E-state index contributed by atoms with van der Waals surface area (Å²) in [6, 6.07) is 15.0. The van der Waals surface area contributed by atoms with Crippen LogP contribution in [0.1, 0.15) is 35.0 Å². The minimum absolute atomic E-state index is 0.0293. The summed E-state index contributed by atoms with van der Waals surface area (Å²) in [6.45, 7) is 3.69. The molecule has 0 unspecified atom stereocenters. The first-order valence-corrected chi connectivity index (χ1v) is 9.35. The highest BCUT2D eigenvalue weighted by molar-refractivity contribution is 5.98. The van der Waals surface area contributed by atoms with Crippen molar-refractivity contribution in [2.24, 2.45) is 0 Å². The third-order valence-electron chi connectivity index (χ3n) is 4.96. The number of pyridine rings is 1. The van der Waals surface area contributed by atoms with Crippen molar-refractivity contribution in [2.75, 3.05) is 13.1 Å². The zero-order valence-electron chi connectivity index (χ0n) is 15.8. The molecule has 2 aromatic heterocycles. The number of hydrogen-bond donors (Lipinski definition) is 0. The number of aromatic nitrogens is 1. The molecule has 0 aliphatic carbocycles. The summed E-state index contributed by atoms with van der Waals surface area (Å²) in [7, 11) is 0. The molecule has 5 nitrogen and oxygen atoms in total. The van der Waals surface area contributed by atoms with Gasteiger partial charge in [-0.2, -0.15) is 0 Å². The predicted octanol–water partition coefficient (Wildman–Crippen LogP) is 4.57. The molecule has 28 heavy (non-hydrogen) atoms. The number of para-hydroxylation sites is 1. The molecule has 0 bridgehead atoms. The summed E-state index contributed by atoms with van der Waals surface area (Å²) in [4.78, 5) is 19.2. The monoisotopic (exact) mass is 374 g/mol. The highest BCUT2D eigenvalue weighted by Gasteiger charge is 2.25. The van der Waals surface area contributed by atoms with Gasteiger partial charge in [0, 0.05) is 36.6 Å². The summed E-state index contributed by atoms with van der Waals surface area (Å²) < 4.78 is 11.5. The van der Waals surface area contributed by atoms with Crippen molar-refractivity contribution < 1.29 is 13.9 Å². The predicted molar refractivity (Wildman–Crippen MR) is 107 cm³/mol. The molecule has 0 atom stereocenters. The van der Waals surface area contributed by atoms with Crippen LogP contribution < -0.4 is 4.74 Å². The Morgan fingerprint density at radius 3 is 2.86 bits per heavy atom. The summed E-state index contributed by atoms with van der Waals surface area (Å²) in [5, 5.41) is 0. The number of hydrogen-bond acceptors (Lipinski definition) is 4. The Hall–Kier alpha value is -3.34. The van der Waals surface area contributed by atoms with Crippen LogP contribution in [0.25, 0.3) is 5.57 Å². The molecule has 1 aliphatic rings. The number of nitrogens with zero attached hydrogens (tertiary/aromatic N) is 2. The maximum absolute atomic E-state index is 13.2. The zero-order valence-corrected chi connectivity index (χ0v) is 15.8. The molecule has 0 saturated carbocycles. The molecule has 0 fully saturated rings. The van der Waals surface area contributed by atoms with Gasteiger partial charge in [-0.1, -0.05) is 23.8 Å². The van der Waals surface area contributed by atoms with Crippen LogP contribution in [0.2, 0.25) is 0 Å². The average molecular weight is 374 g/mol. The van der Waals surface area contributed by atoms with E-state index in [1.807, 2.05) is 53.4 Å². The number of furan rings is 1. The molecule has 5 heteroatoms. The van der Waals surface area contributed by atoms with Crippen LogP contribution in [0.15, 0.2) is 77.2 Å². The minimum Gasteiger partial charge on any atom is -0.488 e.